The number of nitrogens with two attached hydrogens (primary N) is 1. The molecular formula is C25H23F2N3O2. The molecular weight excluding hydrogens is 412 g/mol. The van der Waals surface area contributed by atoms with Gasteiger partial charge in [0.05, 0.1) is 18.1 Å². The highest BCUT2D eigenvalue weighted by Crippen LogP contribution is 2.46. The number of amides is 1. The monoisotopic (exact) mass is 435 g/mol. The highest BCUT2D eigenvalue weighted by Gasteiger charge is 2.48. The van der Waals surface area contributed by atoms with Crippen LogP contribution in [0, 0.1) is 23.0 Å². The number of rotatable bonds is 7. The molecule has 1 aliphatic heterocycles. The van der Waals surface area contributed by atoms with Crippen molar-refractivity contribution in [3.8, 4) is 0 Å². The van der Waals surface area contributed by atoms with Crippen molar-refractivity contribution in [2.75, 3.05) is 4.90 Å². The fourth-order valence-electron chi connectivity index (χ4n) is 4.15. The number of aliphatic hydroxyl groups is 1. The molecule has 3 aromatic carbocycles. The van der Waals surface area contributed by atoms with Crippen LogP contribution in [0.2, 0.25) is 0 Å². The Balaban J connectivity index is 1.56. The molecule has 32 heavy (non-hydrogen) atoms. The molecule has 4 N–H and O–H groups in total. The summed E-state index contributed by atoms with van der Waals surface area (Å²) in [6.07, 6.45) is -0.0701. The first-order valence-electron chi connectivity index (χ1n) is 10.3. The first-order valence-corrected chi connectivity index (χ1v) is 10.3. The second kappa shape index (κ2) is 8.88. The van der Waals surface area contributed by atoms with Crippen LogP contribution >= 0.6 is 0 Å². The van der Waals surface area contributed by atoms with Crippen molar-refractivity contribution in [1.29, 1.82) is 5.41 Å². The van der Waals surface area contributed by atoms with Crippen LogP contribution < -0.4 is 10.6 Å². The van der Waals surface area contributed by atoms with Gasteiger partial charge in [-0.1, -0.05) is 24.3 Å². The lowest BCUT2D eigenvalue weighted by atomic mass is 9.78. The van der Waals surface area contributed by atoms with Gasteiger partial charge in [-0.3, -0.25) is 10.2 Å². The zero-order valence-corrected chi connectivity index (χ0v) is 17.2. The summed E-state index contributed by atoms with van der Waals surface area (Å²) in [6.45, 7) is 0. The van der Waals surface area contributed by atoms with Gasteiger partial charge in [-0.25, -0.2) is 8.78 Å². The Hall–Kier alpha value is -3.58. The molecule has 0 aromatic heterocycles. The van der Waals surface area contributed by atoms with Gasteiger partial charge in [0.15, 0.2) is 0 Å². The number of β-lactam (4-membered cyclic amide) rings is 1. The molecule has 3 aromatic rings. The standard InChI is InChI=1S/C25H23F2N3O2/c26-18-7-1-15(2-8-18)22(31)14-13-21-23(16-3-9-19(27)10-4-16)30(25(21)32)20-11-5-17(6-12-20)24(28)29/h1-12,21-23,31H,13-14H2,(H3,28,29). The lowest BCUT2D eigenvalue weighted by Gasteiger charge is -2.48. The quantitative estimate of drug-likeness (QED) is 0.291. The number of amidine groups is 1. The summed E-state index contributed by atoms with van der Waals surface area (Å²) < 4.78 is 26.6. The third-order valence-corrected chi connectivity index (χ3v) is 5.89. The largest absolute Gasteiger partial charge is 0.388 e. The summed E-state index contributed by atoms with van der Waals surface area (Å²) >= 11 is 0. The maximum Gasteiger partial charge on any atom is 0.233 e. The Morgan fingerprint density at radius 3 is 2.09 bits per heavy atom. The van der Waals surface area contributed by atoms with E-state index in [9.17, 15) is 18.7 Å². The number of nitrogens with one attached hydrogen (secondary N) is 1. The van der Waals surface area contributed by atoms with E-state index in [1.54, 1.807) is 41.3 Å². The maximum atomic E-state index is 13.5. The van der Waals surface area contributed by atoms with Gasteiger partial charge in [-0.2, -0.15) is 0 Å². The van der Waals surface area contributed by atoms with Crippen molar-refractivity contribution in [2.45, 2.75) is 25.0 Å². The van der Waals surface area contributed by atoms with Crippen molar-refractivity contribution in [1.82, 2.24) is 0 Å². The summed E-state index contributed by atoms with van der Waals surface area (Å²) in [5.74, 6) is -1.28. The van der Waals surface area contributed by atoms with E-state index in [2.05, 4.69) is 0 Å². The SMILES string of the molecule is N=C(N)c1ccc(N2C(=O)C(CCC(O)c3ccc(F)cc3)C2c2ccc(F)cc2)cc1. The predicted molar refractivity (Wildman–Crippen MR) is 118 cm³/mol. The van der Waals surface area contributed by atoms with Crippen molar-refractivity contribution in [2.24, 2.45) is 11.7 Å². The molecule has 0 spiro atoms. The average molecular weight is 435 g/mol. The number of hydrogen-bond donors (Lipinski definition) is 3. The number of hydrogen-bond acceptors (Lipinski definition) is 3. The fourth-order valence-corrected chi connectivity index (χ4v) is 4.15. The molecule has 3 unspecified atom stereocenters. The van der Waals surface area contributed by atoms with Crippen LogP contribution in [0.25, 0.3) is 0 Å². The second-order valence-corrected chi connectivity index (χ2v) is 7.92. The first-order chi connectivity index (χ1) is 15.3. The number of aliphatic hydroxyl groups excluding tert-OH is 1. The van der Waals surface area contributed by atoms with E-state index in [4.69, 9.17) is 11.1 Å². The van der Waals surface area contributed by atoms with Crippen LogP contribution in [-0.2, 0) is 4.79 Å². The first kappa shape index (κ1) is 21.6. The number of anilines is 1. The van der Waals surface area contributed by atoms with E-state index in [1.165, 1.54) is 36.4 Å². The predicted octanol–water partition coefficient (Wildman–Crippen LogP) is 4.47. The Labute approximate surface area is 184 Å². The number of nitrogen functional groups attached to an aromatic ring is 1. The minimum Gasteiger partial charge on any atom is -0.388 e. The molecule has 7 heteroatoms. The average Bonchev–Trinajstić information content (AvgIpc) is 2.79. The van der Waals surface area contributed by atoms with E-state index in [0.717, 1.165) is 5.56 Å². The van der Waals surface area contributed by atoms with Crippen LogP contribution in [0.1, 0.15) is 41.7 Å². The molecule has 0 bridgehead atoms. The van der Waals surface area contributed by atoms with Crippen molar-refractivity contribution in [3.63, 3.8) is 0 Å². The summed E-state index contributed by atoms with van der Waals surface area (Å²) in [6, 6.07) is 18.2. The van der Waals surface area contributed by atoms with Gasteiger partial charge in [-0.15, -0.1) is 0 Å². The molecule has 1 fully saturated rings. The zero-order chi connectivity index (χ0) is 22.8. The van der Waals surface area contributed by atoms with Gasteiger partial charge in [0.1, 0.15) is 17.5 Å². The van der Waals surface area contributed by atoms with Crippen molar-refractivity contribution < 1.29 is 18.7 Å². The van der Waals surface area contributed by atoms with Crippen LogP contribution in [0.3, 0.4) is 0 Å². The van der Waals surface area contributed by atoms with E-state index < -0.39 is 6.10 Å². The highest BCUT2D eigenvalue weighted by molar-refractivity contribution is 6.03. The second-order valence-electron chi connectivity index (χ2n) is 7.92. The molecule has 1 heterocycles. The molecule has 3 atom stereocenters. The minimum atomic E-state index is -0.818. The zero-order valence-electron chi connectivity index (χ0n) is 17.2. The summed E-state index contributed by atoms with van der Waals surface area (Å²) in [4.78, 5) is 14.7. The molecule has 4 rings (SSSR count). The van der Waals surface area contributed by atoms with Crippen LogP contribution in [0.15, 0.2) is 72.8 Å². The summed E-state index contributed by atoms with van der Waals surface area (Å²) in [5, 5.41) is 18.0. The third kappa shape index (κ3) is 4.24. The van der Waals surface area contributed by atoms with Crippen molar-refractivity contribution >= 4 is 17.4 Å². The molecule has 1 saturated heterocycles. The lowest BCUT2D eigenvalue weighted by molar-refractivity contribution is -0.131. The topological polar surface area (TPSA) is 90.4 Å². The maximum absolute atomic E-state index is 13.5. The van der Waals surface area contributed by atoms with Crippen LogP contribution in [0.4, 0.5) is 14.5 Å². The molecule has 164 valence electrons. The molecule has 1 aliphatic rings. The number of carbonyl (C=O) groups excluding carboxylic acids is 1. The molecule has 0 aliphatic carbocycles. The molecule has 0 saturated carbocycles. The van der Waals surface area contributed by atoms with E-state index >= 15 is 0 Å². The normalized spacial score (nSPS) is 18.8. The Kier molecular flexibility index (Phi) is 6.01. The molecule has 1 amide bonds. The number of carbonyl (C=O) groups is 1. The number of nitrogens with zero attached hydrogens (tertiary/aromatic N) is 1. The lowest BCUT2D eigenvalue weighted by Crippen LogP contribution is -2.55. The smallest absolute Gasteiger partial charge is 0.233 e. The Morgan fingerprint density at radius 1 is 0.969 bits per heavy atom. The van der Waals surface area contributed by atoms with Crippen LogP contribution in [0.5, 0.6) is 0 Å². The van der Waals surface area contributed by atoms with Gasteiger partial charge >= 0.3 is 0 Å². The van der Waals surface area contributed by atoms with Gasteiger partial charge in [0, 0.05) is 11.3 Å². The minimum absolute atomic E-state index is 0.0609. The van der Waals surface area contributed by atoms with Gasteiger partial charge in [0.25, 0.3) is 0 Å². The van der Waals surface area contributed by atoms with Gasteiger partial charge < -0.3 is 15.7 Å². The fraction of sp³-hybridized carbons (Fsp3) is 0.200. The van der Waals surface area contributed by atoms with Crippen LogP contribution in [-0.4, -0.2) is 16.8 Å². The van der Waals surface area contributed by atoms with Gasteiger partial charge in [-0.05, 0) is 72.5 Å². The van der Waals surface area contributed by atoms with E-state index in [0.29, 0.717) is 29.7 Å². The highest BCUT2D eigenvalue weighted by atomic mass is 19.1. The summed E-state index contributed by atoms with van der Waals surface area (Å²) in [7, 11) is 0. The number of halogens is 2. The Bertz CT molecular complexity index is 1120. The Morgan fingerprint density at radius 2 is 1.53 bits per heavy atom. The van der Waals surface area contributed by atoms with Gasteiger partial charge in [0.2, 0.25) is 5.91 Å². The molecule has 0 radical (unpaired) electrons. The number of benzene rings is 3. The molecule has 5 nitrogen and oxygen atoms in total. The van der Waals surface area contributed by atoms with E-state index in [-0.39, 0.29) is 35.3 Å². The van der Waals surface area contributed by atoms with E-state index in [1.807, 2.05) is 0 Å². The van der Waals surface area contributed by atoms with Crippen molar-refractivity contribution in [3.05, 3.63) is 101 Å². The summed E-state index contributed by atoms with van der Waals surface area (Å²) in [5.41, 5.74) is 8.11. The third-order valence-electron chi connectivity index (χ3n) is 5.89.